The molecule has 0 aliphatic carbocycles. The molecule has 100 valence electrons. The minimum atomic E-state index is -0.0456. The molecule has 0 bridgehead atoms. The lowest BCUT2D eigenvalue weighted by atomic mass is 10.2. The molecule has 19 heavy (non-hydrogen) atoms. The van der Waals surface area contributed by atoms with Crippen molar-refractivity contribution in [3.8, 4) is 11.5 Å². The van der Waals surface area contributed by atoms with Crippen molar-refractivity contribution in [2.24, 2.45) is 5.10 Å². The van der Waals surface area contributed by atoms with Gasteiger partial charge in [-0.25, -0.2) is 0 Å². The number of hydrogen-bond donors (Lipinski definition) is 3. The Morgan fingerprint density at radius 1 is 1.47 bits per heavy atom. The SMILES string of the molecule is CCCc1n[nH]c(=S)n1/N=C/c1ccc(O)cc1O. The monoisotopic (exact) mass is 278 g/mol. The maximum absolute atomic E-state index is 9.65. The Hall–Kier alpha value is -2.15. The van der Waals surface area contributed by atoms with Crippen LogP contribution in [0.2, 0.25) is 0 Å². The summed E-state index contributed by atoms with van der Waals surface area (Å²) >= 11 is 5.08. The highest BCUT2D eigenvalue weighted by molar-refractivity contribution is 7.71. The van der Waals surface area contributed by atoms with Gasteiger partial charge in [0.05, 0.1) is 6.21 Å². The number of phenols is 2. The molecule has 1 aromatic heterocycles. The number of aryl methyl sites for hydroxylation is 1. The van der Waals surface area contributed by atoms with Crippen molar-refractivity contribution in [2.75, 3.05) is 0 Å². The molecule has 0 fully saturated rings. The maximum Gasteiger partial charge on any atom is 0.216 e. The molecule has 7 heteroatoms. The smallest absolute Gasteiger partial charge is 0.216 e. The molecular weight excluding hydrogens is 264 g/mol. The summed E-state index contributed by atoms with van der Waals surface area (Å²) in [5, 5.41) is 29.8. The fourth-order valence-electron chi connectivity index (χ4n) is 1.59. The number of benzene rings is 1. The molecule has 0 atom stereocenters. The molecule has 1 heterocycles. The first-order valence-electron chi connectivity index (χ1n) is 5.84. The lowest BCUT2D eigenvalue weighted by molar-refractivity contribution is 0.450. The fraction of sp³-hybridized carbons (Fsp3) is 0.250. The highest BCUT2D eigenvalue weighted by Crippen LogP contribution is 2.20. The van der Waals surface area contributed by atoms with Gasteiger partial charge in [0.1, 0.15) is 11.5 Å². The van der Waals surface area contributed by atoms with Gasteiger partial charge in [-0.2, -0.15) is 14.9 Å². The van der Waals surface area contributed by atoms with E-state index in [0.29, 0.717) is 10.3 Å². The lowest BCUT2D eigenvalue weighted by Crippen LogP contribution is -1.98. The van der Waals surface area contributed by atoms with E-state index in [2.05, 4.69) is 15.3 Å². The van der Waals surface area contributed by atoms with Crippen molar-refractivity contribution in [2.45, 2.75) is 19.8 Å². The van der Waals surface area contributed by atoms with Crippen LogP contribution >= 0.6 is 12.2 Å². The molecule has 0 aliphatic heterocycles. The van der Waals surface area contributed by atoms with Crippen LogP contribution in [0.25, 0.3) is 0 Å². The summed E-state index contributed by atoms with van der Waals surface area (Å²) in [5.41, 5.74) is 0.489. The van der Waals surface area contributed by atoms with Gasteiger partial charge in [0, 0.05) is 18.1 Å². The number of phenolic OH excluding ortho intramolecular Hbond substituents is 2. The molecule has 0 radical (unpaired) electrons. The molecular formula is C12H14N4O2S. The Morgan fingerprint density at radius 3 is 2.95 bits per heavy atom. The molecule has 6 nitrogen and oxygen atoms in total. The number of aromatic nitrogens is 3. The summed E-state index contributed by atoms with van der Waals surface area (Å²) in [6.45, 7) is 2.04. The molecule has 0 spiro atoms. The number of nitrogens with zero attached hydrogens (tertiary/aromatic N) is 3. The molecule has 1 aromatic carbocycles. The van der Waals surface area contributed by atoms with Crippen molar-refractivity contribution in [3.63, 3.8) is 0 Å². The van der Waals surface area contributed by atoms with E-state index in [1.807, 2.05) is 6.92 Å². The number of rotatable bonds is 4. The van der Waals surface area contributed by atoms with Crippen molar-refractivity contribution >= 4 is 18.4 Å². The first kappa shape index (κ1) is 13.3. The highest BCUT2D eigenvalue weighted by Gasteiger charge is 2.04. The van der Waals surface area contributed by atoms with Gasteiger partial charge in [0.15, 0.2) is 5.82 Å². The minimum absolute atomic E-state index is 0.00115. The largest absolute Gasteiger partial charge is 0.508 e. The zero-order chi connectivity index (χ0) is 13.8. The summed E-state index contributed by atoms with van der Waals surface area (Å²) < 4.78 is 1.92. The zero-order valence-corrected chi connectivity index (χ0v) is 11.2. The predicted molar refractivity (Wildman–Crippen MR) is 74.2 cm³/mol. The van der Waals surface area contributed by atoms with Crippen LogP contribution in [0.5, 0.6) is 11.5 Å². The lowest BCUT2D eigenvalue weighted by Gasteiger charge is -2.00. The molecule has 3 N–H and O–H groups in total. The normalized spacial score (nSPS) is 11.2. The maximum atomic E-state index is 9.65. The van der Waals surface area contributed by atoms with Gasteiger partial charge in [-0.3, -0.25) is 5.10 Å². The van der Waals surface area contributed by atoms with E-state index >= 15 is 0 Å². The Morgan fingerprint density at radius 2 is 2.26 bits per heavy atom. The molecule has 0 unspecified atom stereocenters. The fourth-order valence-corrected chi connectivity index (χ4v) is 1.79. The third-order valence-electron chi connectivity index (χ3n) is 2.52. The van der Waals surface area contributed by atoms with Gasteiger partial charge in [0.2, 0.25) is 4.77 Å². The van der Waals surface area contributed by atoms with E-state index in [1.165, 1.54) is 23.0 Å². The molecule has 0 saturated carbocycles. The first-order valence-corrected chi connectivity index (χ1v) is 6.25. The van der Waals surface area contributed by atoms with Crippen molar-refractivity contribution in [3.05, 3.63) is 34.4 Å². The van der Waals surface area contributed by atoms with Gasteiger partial charge < -0.3 is 10.2 Å². The second-order valence-corrected chi connectivity index (χ2v) is 4.38. The Kier molecular flexibility index (Phi) is 3.96. The average Bonchev–Trinajstić information content (AvgIpc) is 2.70. The summed E-state index contributed by atoms with van der Waals surface area (Å²) in [5.74, 6) is 0.694. The van der Waals surface area contributed by atoms with E-state index in [4.69, 9.17) is 12.2 Å². The van der Waals surface area contributed by atoms with Gasteiger partial charge in [-0.1, -0.05) is 6.92 Å². The summed E-state index contributed by atoms with van der Waals surface area (Å²) in [6, 6.07) is 4.29. The summed E-state index contributed by atoms with van der Waals surface area (Å²) in [7, 11) is 0. The second-order valence-electron chi connectivity index (χ2n) is 3.99. The van der Waals surface area contributed by atoms with Gasteiger partial charge in [-0.05, 0) is 30.8 Å². The number of H-pyrrole nitrogens is 1. The quantitative estimate of drug-likeness (QED) is 0.591. The van der Waals surface area contributed by atoms with Crippen LogP contribution in [0.15, 0.2) is 23.3 Å². The third kappa shape index (κ3) is 3.00. The Balaban J connectivity index is 2.32. The summed E-state index contributed by atoms with van der Waals surface area (Å²) in [6.07, 6.45) is 3.16. The van der Waals surface area contributed by atoms with Crippen molar-refractivity contribution < 1.29 is 10.2 Å². The van der Waals surface area contributed by atoms with Crippen molar-refractivity contribution in [1.82, 2.24) is 14.9 Å². The van der Waals surface area contributed by atoms with Crippen molar-refractivity contribution in [1.29, 1.82) is 0 Å². The van der Waals surface area contributed by atoms with Crippen LogP contribution in [0.4, 0.5) is 0 Å². The van der Waals surface area contributed by atoms with E-state index in [-0.39, 0.29) is 11.5 Å². The van der Waals surface area contributed by atoms with Crippen LogP contribution < -0.4 is 0 Å². The predicted octanol–water partition coefficient (Wildman–Crippen LogP) is 2.19. The van der Waals surface area contributed by atoms with Crippen LogP contribution in [-0.2, 0) is 6.42 Å². The molecule has 2 aromatic rings. The van der Waals surface area contributed by atoms with E-state index in [9.17, 15) is 10.2 Å². The van der Waals surface area contributed by atoms with Gasteiger partial charge >= 0.3 is 0 Å². The topological polar surface area (TPSA) is 86.4 Å². The Bertz CT molecular complexity index is 660. The first-order chi connectivity index (χ1) is 9.11. The summed E-state index contributed by atoms with van der Waals surface area (Å²) in [4.78, 5) is 0. The van der Waals surface area contributed by atoms with E-state index < -0.39 is 0 Å². The van der Waals surface area contributed by atoms with Crippen LogP contribution in [0, 0.1) is 4.77 Å². The number of aromatic hydroxyl groups is 2. The van der Waals surface area contributed by atoms with E-state index in [0.717, 1.165) is 18.7 Å². The third-order valence-corrected chi connectivity index (χ3v) is 2.78. The van der Waals surface area contributed by atoms with Gasteiger partial charge in [-0.15, -0.1) is 0 Å². The van der Waals surface area contributed by atoms with Crippen LogP contribution in [0.1, 0.15) is 24.7 Å². The molecule has 0 amide bonds. The molecule has 0 saturated heterocycles. The minimum Gasteiger partial charge on any atom is -0.508 e. The number of aromatic amines is 1. The average molecular weight is 278 g/mol. The second kappa shape index (κ2) is 5.66. The highest BCUT2D eigenvalue weighted by atomic mass is 32.1. The van der Waals surface area contributed by atoms with Crippen LogP contribution in [-0.4, -0.2) is 31.3 Å². The molecule has 2 rings (SSSR count). The van der Waals surface area contributed by atoms with Crippen LogP contribution in [0.3, 0.4) is 0 Å². The van der Waals surface area contributed by atoms with Gasteiger partial charge in [0.25, 0.3) is 0 Å². The number of hydrogen-bond acceptors (Lipinski definition) is 5. The molecule has 0 aliphatic rings. The Labute approximate surface area is 115 Å². The zero-order valence-electron chi connectivity index (χ0n) is 10.4. The van der Waals surface area contributed by atoms with E-state index in [1.54, 1.807) is 6.07 Å². The standard InChI is InChI=1S/C12H14N4O2S/c1-2-3-11-14-15-12(19)16(11)13-7-8-4-5-9(17)6-10(8)18/h4-7,17-18H,2-3H2,1H3,(H,15,19)/b13-7+. The number of nitrogens with one attached hydrogen (secondary N) is 1.